The Labute approximate surface area is 129 Å². The number of para-hydroxylation sites is 1. The van der Waals surface area contributed by atoms with E-state index in [0.29, 0.717) is 23.7 Å². The molecule has 0 aliphatic heterocycles. The van der Waals surface area contributed by atoms with Crippen molar-refractivity contribution in [3.05, 3.63) is 46.7 Å². The van der Waals surface area contributed by atoms with Gasteiger partial charge in [-0.2, -0.15) is 5.10 Å². The number of nitrogens with two attached hydrogens (primary N) is 1. The molecule has 112 valence electrons. The Kier molecular flexibility index (Phi) is 4.98. The van der Waals surface area contributed by atoms with Crippen LogP contribution in [0.4, 0.5) is 0 Å². The van der Waals surface area contributed by atoms with Crippen LogP contribution in [0.15, 0.2) is 30.5 Å². The molecular formula is C15H19ClN4O. The molecule has 0 fully saturated rings. The van der Waals surface area contributed by atoms with Crippen LogP contribution in [-0.4, -0.2) is 28.8 Å². The third-order valence-electron chi connectivity index (χ3n) is 3.35. The van der Waals surface area contributed by atoms with Crippen molar-refractivity contribution in [1.82, 2.24) is 15.1 Å². The summed E-state index contributed by atoms with van der Waals surface area (Å²) in [5.74, 6) is 0.0963. The highest BCUT2D eigenvalue weighted by molar-refractivity contribution is 6.32. The molecule has 1 aromatic carbocycles. The number of benzene rings is 1. The minimum absolute atomic E-state index is 0.147. The van der Waals surface area contributed by atoms with E-state index in [2.05, 4.69) is 10.4 Å². The highest BCUT2D eigenvalue weighted by Crippen LogP contribution is 2.21. The van der Waals surface area contributed by atoms with Crippen LogP contribution in [0.3, 0.4) is 0 Å². The molecule has 0 radical (unpaired) electrons. The Balaban J connectivity index is 2.21. The molecule has 0 saturated carbocycles. The maximum absolute atomic E-state index is 12.2. The van der Waals surface area contributed by atoms with E-state index < -0.39 is 0 Å². The van der Waals surface area contributed by atoms with Gasteiger partial charge in [0.1, 0.15) is 0 Å². The molecule has 1 amide bonds. The first-order valence-electron chi connectivity index (χ1n) is 6.82. The second-order valence-electron chi connectivity index (χ2n) is 5.06. The average molecular weight is 307 g/mol. The highest BCUT2D eigenvalue weighted by atomic mass is 35.5. The Morgan fingerprint density at radius 3 is 2.86 bits per heavy atom. The molecule has 0 saturated heterocycles. The zero-order chi connectivity index (χ0) is 15.4. The van der Waals surface area contributed by atoms with Gasteiger partial charge in [-0.3, -0.25) is 4.79 Å². The summed E-state index contributed by atoms with van der Waals surface area (Å²) < 4.78 is 1.67. The summed E-state index contributed by atoms with van der Waals surface area (Å²) >= 11 is 6.17. The van der Waals surface area contributed by atoms with Crippen LogP contribution in [0, 0.1) is 12.8 Å². The quantitative estimate of drug-likeness (QED) is 0.889. The molecule has 0 bridgehead atoms. The van der Waals surface area contributed by atoms with Gasteiger partial charge in [-0.15, -0.1) is 0 Å². The lowest BCUT2D eigenvalue weighted by molar-refractivity contribution is 0.0948. The first-order valence-corrected chi connectivity index (χ1v) is 7.20. The van der Waals surface area contributed by atoms with Crippen molar-refractivity contribution in [2.45, 2.75) is 13.8 Å². The van der Waals surface area contributed by atoms with E-state index in [1.54, 1.807) is 16.9 Å². The maximum atomic E-state index is 12.2. The van der Waals surface area contributed by atoms with Crippen molar-refractivity contribution in [2.24, 2.45) is 11.7 Å². The van der Waals surface area contributed by atoms with E-state index in [1.165, 1.54) is 0 Å². The summed E-state index contributed by atoms with van der Waals surface area (Å²) in [5.41, 5.74) is 7.59. The fourth-order valence-electron chi connectivity index (χ4n) is 1.94. The number of aromatic nitrogens is 2. The van der Waals surface area contributed by atoms with Crippen LogP contribution in [0.5, 0.6) is 0 Å². The number of hydrogen-bond donors (Lipinski definition) is 2. The summed E-state index contributed by atoms with van der Waals surface area (Å²) in [7, 11) is 0. The Bertz CT molecular complexity index is 638. The molecular weight excluding hydrogens is 288 g/mol. The fourth-order valence-corrected chi connectivity index (χ4v) is 2.16. The van der Waals surface area contributed by atoms with Crippen LogP contribution >= 0.6 is 11.6 Å². The number of hydrogen-bond acceptors (Lipinski definition) is 3. The lowest BCUT2D eigenvalue weighted by atomic mass is 10.1. The zero-order valence-electron chi connectivity index (χ0n) is 12.1. The Morgan fingerprint density at radius 2 is 2.19 bits per heavy atom. The second-order valence-corrected chi connectivity index (χ2v) is 5.46. The molecule has 0 aliphatic rings. The van der Waals surface area contributed by atoms with Gasteiger partial charge in [-0.1, -0.05) is 30.7 Å². The number of nitrogens with zero attached hydrogens (tertiary/aromatic N) is 2. The third-order valence-corrected chi connectivity index (χ3v) is 3.67. The smallest absolute Gasteiger partial charge is 0.254 e. The molecule has 0 spiro atoms. The van der Waals surface area contributed by atoms with E-state index in [4.69, 9.17) is 17.3 Å². The zero-order valence-corrected chi connectivity index (χ0v) is 12.9. The number of carbonyl (C=O) groups excluding carboxylic acids is 1. The van der Waals surface area contributed by atoms with E-state index >= 15 is 0 Å². The van der Waals surface area contributed by atoms with E-state index in [-0.39, 0.29) is 11.8 Å². The normalized spacial score (nSPS) is 12.2. The van der Waals surface area contributed by atoms with Crippen LogP contribution in [0.1, 0.15) is 23.0 Å². The molecule has 2 rings (SSSR count). The van der Waals surface area contributed by atoms with Crippen molar-refractivity contribution in [3.8, 4) is 5.69 Å². The highest BCUT2D eigenvalue weighted by Gasteiger charge is 2.16. The van der Waals surface area contributed by atoms with Gasteiger partial charge in [0, 0.05) is 6.54 Å². The van der Waals surface area contributed by atoms with Crippen LogP contribution < -0.4 is 11.1 Å². The molecule has 3 N–H and O–H groups in total. The molecule has 6 heteroatoms. The van der Waals surface area contributed by atoms with Gasteiger partial charge in [0.2, 0.25) is 0 Å². The van der Waals surface area contributed by atoms with Gasteiger partial charge >= 0.3 is 0 Å². The van der Waals surface area contributed by atoms with E-state index in [1.807, 2.05) is 32.0 Å². The fraction of sp³-hybridized carbons (Fsp3) is 0.333. The van der Waals surface area contributed by atoms with Crippen molar-refractivity contribution in [2.75, 3.05) is 13.1 Å². The molecule has 1 atom stereocenters. The Morgan fingerprint density at radius 1 is 1.48 bits per heavy atom. The van der Waals surface area contributed by atoms with Crippen molar-refractivity contribution in [3.63, 3.8) is 0 Å². The number of nitrogens with one attached hydrogen (secondary N) is 1. The first-order chi connectivity index (χ1) is 10.0. The van der Waals surface area contributed by atoms with E-state index in [9.17, 15) is 4.79 Å². The number of amides is 1. The first kappa shape index (κ1) is 15.5. The minimum Gasteiger partial charge on any atom is -0.352 e. The SMILES string of the molecule is Cc1c(C(=O)NCC(C)CN)cnn1-c1ccccc1Cl. The summed E-state index contributed by atoms with van der Waals surface area (Å²) in [4.78, 5) is 12.2. The summed E-state index contributed by atoms with van der Waals surface area (Å²) in [6.07, 6.45) is 1.56. The average Bonchev–Trinajstić information content (AvgIpc) is 2.86. The molecule has 2 aromatic rings. The van der Waals surface area contributed by atoms with Crippen molar-refractivity contribution in [1.29, 1.82) is 0 Å². The monoisotopic (exact) mass is 306 g/mol. The summed E-state index contributed by atoms with van der Waals surface area (Å²) in [6.45, 7) is 4.92. The summed E-state index contributed by atoms with van der Waals surface area (Å²) in [6, 6.07) is 7.39. The predicted octanol–water partition coefficient (Wildman–Crippen LogP) is 2.16. The lowest BCUT2D eigenvalue weighted by Crippen LogP contribution is -2.31. The second kappa shape index (κ2) is 6.74. The van der Waals surface area contributed by atoms with Gasteiger partial charge in [-0.25, -0.2) is 4.68 Å². The largest absolute Gasteiger partial charge is 0.352 e. The molecule has 0 aliphatic carbocycles. The van der Waals surface area contributed by atoms with Crippen molar-refractivity contribution >= 4 is 17.5 Å². The minimum atomic E-state index is -0.147. The van der Waals surface area contributed by atoms with Gasteiger partial charge < -0.3 is 11.1 Å². The molecule has 5 nitrogen and oxygen atoms in total. The molecule has 1 unspecified atom stereocenters. The van der Waals surface area contributed by atoms with Crippen LogP contribution in [0.25, 0.3) is 5.69 Å². The molecule has 1 heterocycles. The molecule has 1 aromatic heterocycles. The topological polar surface area (TPSA) is 72.9 Å². The van der Waals surface area contributed by atoms with Gasteiger partial charge in [0.05, 0.1) is 28.2 Å². The van der Waals surface area contributed by atoms with Crippen LogP contribution in [0.2, 0.25) is 5.02 Å². The van der Waals surface area contributed by atoms with Gasteiger partial charge in [0.25, 0.3) is 5.91 Å². The van der Waals surface area contributed by atoms with Gasteiger partial charge in [0.15, 0.2) is 0 Å². The summed E-state index contributed by atoms with van der Waals surface area (Å²) in [5, 5.41) is 7.72. The van der Waals surface area contributed by atoms with Crippen LogP contribution in [-0.2, 0) is 0 Å². The van der Waals surface area contributed by atoms with E-state index in [0.717, 1.165) is 11.4 Å². The van der Waals surface area contributed by atoms with Crippen molar-refractivity contribution < 1.29 is 4.79 Å². The third kappa shape index (κ3) is 3.43. The lowest BCUT2D eigenvalue weighted by Gasteiger charge is -2.10. The number of carbonyl (C=O) groups is 1. The number of rotatable bonds is 5. The van der Waals surface area contributed by atoms with Gasteiger partial charge in [-0.05, 0) is 31.5 Å². The standard InChI is InChI=1S/C15H19ClN4O/c1-10(7-17)8-18-15(21)12-9-19-20(11(12)2)14-6-4-3-5-13(14)16/h3-6,9-10H,7-8,17H2,1-2H3,(H,18,21). The molecule has 21 heavy (non-hydrogen) atoms. The maximum Gasteiger partial charge on any atom is 0.254 e. The number of halogens is 1. The predicted molar refractivity (Wildman–Crippen MR) is 83.9 cm³/mol. The Hall–Kier alpha value is -1.85.